The van der Waals surface area contributed by atoms with Gasteiger partial charge >= 0.3 is 0 Å². The molecule has 0 saturated carbocycles. The Morgan fingerprint density at radius 2 is 2.09 bits per heavy atom. The zero-order chi connectivity index (χ0) is 15.5. The van der Waals surface area contributed by atoms with Gasteiger partial charge in [-0.25, -0.2) is 9.97 Å². The number of aromatic nitrogens is 5. The molecular formula is C13H10N5O3S-. The quantitative estimate of drug-likeness (QED) is 0.480. The Labute approximate surface area is 129 Å². The van der Waals surface area contributed by atoms with Crippen LogP contribution >= 0.6 is 11.8 Å². The lowest BCUT2D eigenvalue weighted by atomic mass is 10.3. The summed E-state index contributed by atoms with van der Waals surface area (Å²) in [6, 6.07) is 7.25. The Kier molecular flexibility index (Phi) is 3.88. The number of carboxylic acid groups (broad SMARTS) is 1. The number of rotatable bonds is 5. The molecule has 0 unspecified atom stereocenters. The lowest BCUT2D eigenvalue weighted by Crippen LogP contribution is -2.24. The van der Waals surface area contributed by atoms with Crippen molar-refractivity contribution in [3.63, 3.8) is 0 Å². The van der Waals surface area contributed by atoms with E-state index in [9.17, 15) is 9.90 Å². The third kappa shape index (κ3) is 2.70. The summed E-state index contributed by atoms with van der Waals surface area (Å²) in [6.45, 7) is 0. The molecule has 0 saturated heterocycles. The smallest absolute Gasteiger partial charge is 0.187 e. The van der Waals surface area contributed by atoms with Crippen molar-refractivity contribution in [2.75, 3.05) is 12.9 Å². The average molecular weight is 316 g/mol. The van der Waals surface area contributed by atoms with Gasteiger partial charge in [-0.15, -0.1) is 5.10 Å². The van der Waals surface area contributed by atoms with Crippen molar-refractivity contribution < 1.29 is 14.6 Å². The third-order valence-corrected chi connectivity index (χ3v) is 3.80. The molecule has 0 amide bonds. The normalized spacial score (nSPS) is 10.8. The zero-order valence-electron chi connectivity index (χ0n) is 11.5. The lowest BCUT2D eigenvalue weighted by Gasteiger charge is -2.04. The van der Waals surface area contributed by atoms with Crippen LogP contribution in [0.15, 0.2) is 35.6 Å². The Bertz CT molecular complexity index is 818. The molecule has 0 bridgehead atoms. The number of hydrogen-bond acceptors (Lipinski definition) is 8. The fraction of sp³-hybridized carbons (Fsp3) is 0.154. The summed E-state index contributed by atoms with van der Waals surface area (Å²) in [7, 11) is 1.59. The van der Waals surface area contributed by atoms with E-state index in [1.54, 1.807) is 23.9 Å². The Hall–Kier alpha value is -2.68. The zero-order valence-corrected chi connectivity index (χ0v) is 12.3. The number of ether oxygens (including phenoxy) is 1. The summed E-state index contributed by atoms with van der Waals surface area (Å²) in [4.78, 5) is 18.8. The van der Waals surface area contributed by atoms with Crippen LogP contribution in [0.4, 0.5) is 0 Å². The average Bonchev–Trinajstić information content (AvgIpc) is 2.97. The Morgan fingerprint density at radius 3 is 2.77 bits per heavy atom. The first-order chi connectivity index (χ1) is 10.7. The standard InChI is InChI=1S/C13H11N5O3S/c1-21-9-4-2-8(3-5-9)18-12-11(16-17-18)13(15-7-14-12)22-6-10(19)20/h2-5,7H,6H2,1H3,(H,19,20)/p-1. The molecule has 112 valence electrons. The van der Waals surface area contributed by atoms with Crippen LogP contribution in [0.25, 0.3) is 16.9 Å². The molecule has 0 aliphatic heterocycles. The van der Waals surface area contributed by atoms with E-state index in [-0.39, 0.29) is 5.75 Å². The summed E-state index contributed by atoms with van der Waals surface area (Å²) in [5.41, 5.74) is 1.71. The number of benzene rings is 1. The van der Waals surface area contributed by atoms with Gasteiger partial charge in [0.1, 0.15) is 17.1 Å². The minimum Gasteiger partial charge on any atom is -0.549 e. The van der Waals surface area contributed by atoms with E-state index in [1.165, 1.54) is 6.33 Å². The first-order valence-electron chi connectivity index (χ1n) is 6.22. The van der Waals surface area contributed by atoms with Gasteiger partial charge < -0.3 is 14.6 Å². The van der Waals surface area contributed by atoms with Crippen molar-refractivity contribution in [3.05, 3.63) is 30.6 Å². The Morgan fingerprint density at radius 1 is 1.32 bits per heavy atom. The monoisotopic (exact) mass is 316 g/mol. The van der Waals surface area contributed by atoms with Crippen LogP contribution < -0.4 is 9.84 Å². The number of methoxy groups -OCH3 is 1. The summed E-state index contributed by atoms with van der Waals surface area (Å²) >= 11 is 1.02. The number of thioether (sulfide) groups is 1. The van der Waals surface area contributed by atoms with Gasteiger partial charge in [0.05, 0.1) is 18.8 Å². The molecule has 0 radical (unpaired) electrons. The first kappa shape index (κ1) is 14.3. The summed E-state index contributed by atoms with van der Waals surface area (Å²) in [6.07, 6.45) is 1.35. The van der Waals surface area contributed by atoms with Gasteiger partial charge in [-0.05, 0) is 24.3 Å². The molecule has 3 aromatic rings. The number of carboxylic acids is 1. The molecular weight excluding hydrogens is 306 g/mol. The molecule has 9 heteroatoms. The second-order valence-electron chi connectivity index (χ2n) is 4.21. The van der Waals surface area contributed by atoms with Crippen molar-refractivity contribution in [1.29, 1.82) is 0 Å². The van der Waals surface area contributed by atoms with Gasteiger partial charge in [0, 0.05) is 5.75 Å². The number of carbonyl (C=O) groups is 1. The maximum Gasteiger partial charge on any atom is 0.187 e. The van der Waals surface area contributed by atoms with Crippen molar-refractivity contribution >= 4 is 28.9 Å². The van der Waals surface area contributed by atoms with E-state index >= 15 is 0 Å². The molecule has 8 nitrogen and oxygen atoms in total. The maximum atomic E-state index is 10.6. The second-order valence-corrected chi connectivity index (χ2v) is 5.18. The molecule has 0 aliphatic rings. The van der Waals surface area contributed by atoms with E-state index in [2.05, 4.69) is 20.3 Å². The second kappa shape index (κ2) is 5.98. The number of fused-ring (bicyclic) bond motifs is 1. The fourth-order valence-electron chi connectivity index (χ4n) is 1.86. The van der Waals surface area contributed by atoms with Crippen LogP contribution in [-0.4, -0.2) is 43.8 Å². The summed E-state index contributed by atoms with van der Waals surface area (Å²) in [5, 5.41) is 19.1. The highest BCUT2D eigenvalue weighted by molar-refractivity contribution is 8.00. The van der Waals surface area contributed by atoms with Crippen molar-refractivity contribution in [2.24, 2.45) is 0 Å². The molecule has 0 spiro atoms. The van der Waals surface area contributed by atoms with Crippen LogP contribution in [0.2, 0.25) is 0 Å². The van der Waals surface area contributed by atoms with Gasteiger partial charge in [-0.2, -0.15) is 4.68 Å². The van der Waals surface area contributed by atoms with E-state index in [0.717, 1.165) is 23.2 Å². The van der Waals surface area contributed by atoms with E-state index in [1.807, 2.05) is 12.1 Å². The molecule has 3 rings (SSSR count). The molecule has 0 fully saturated rings. The largest absolute Gasteiger partial charge is 0.549 e. The highest BCUT2D eigenvalue weighted by Gasteiger charge is 2.13. The van der Waals surface area contributed by atoms with Crippen LogP contribution in [-0.2, 0) is 4.79 Å². The topological polar surface area (TPSA) is 106 Å². The minimum atomic E-state index is -1.17. The van der Waals surface area contributed by atoms with Crippen LogP contribution in [0, 0.1) is 0 Å². The maximum absolute atomic E-state index is 10.6. The third-order valence-electron chi connectivity index (χ3n) is 2.85. The van der Waals surface area contributed by atoms with Gasteiger partial charge in [-0.3, -0.25) is 0 Å². The van der Waals surface area contributed by atoms with Crippen molar-refractivity contribution in [2.45, 2.75) is 5.03 Å². The van der Waals surface area contributed by atoms with Gasteiger partial charge in [0.2, 0.25) is 0 Å². The SMILES string of the molecule is COc1ccc(-n2nnc3c(SCC(=O)[O-])ncnc32)cc1. The Balaban J connectivity index is 2.00. The van der Waals surface area contributed by atoms with Crippen LogP contribution in [0.1, 0.15) is 0 Å². The first-order valence-corrected chi connectivity index (χ1v) is 7.21. The number of hydrogen-bond donors (Lipinski definition) is 0. The van der Waals surface area contributed by atoms with Crippen LogP contribution in [0.3, 0.4) is 0 Å². The molecule has 2 heterocycles. The number of aliphatic carboxylic acids is 1. The van der Waals surface area contributed by atoms with E-state index in [4.69, 9.17) is 4.74 Å². The highest BCUT2D eigenvalue weighted by atomic mass is 32.2. The van der Waals surface area contributed by atoms with Gasteiger partial charge in [-0.1, -0.05) is 17.0 Å². The molecule has 1 aromatic carbocycles. The molecule has 22 heavy (non-hydrogen) atoms. The molecule has 0 N–H and O–H groups in total. The molecule has 2 aromatic heterocycles. The minimum absolute atomic E-state index is 0.207. The van der Waals surface area contributed by atoms with E-state index < -0.39 is 5.97 Å². The summed E-state index contributed by atoms with van der Waals surface area (Å²) in [5.74, 6) is -0.645. The fourth-order valence-corrected chi connectivity index (χ4v) is 2.50. The van der Waals surface area contributed by atoms with Crippen molar-refractivity contribution in [3.8, 4) is 11.4 Å². The van der Waals surface area contributed by atoms with Gasteiger partial charge in [0.25, 0.3) is 0 Å². The predicted octanol–water partition coefficient (Wildman–Crippen LogP) is 0.0611. The number of carbonyl (C=O) groups excluding carboxylic acids is 1. The molecule has 0 aliphatic carbocycles. The summed E-state index contributed by atoms with van der Waals surface area (Å²) < 4.78 is 6.67. The van der Waals surface area contributed by atoms with Crippen LogP contribution in [0.5, 0.6) is 5.75 Å². The van der Waals surface area contributed by atoms with E-state index in [0.29, 0.717) is 16.2 Å². The highest BCUT2D eigenvalue weighted by Crippen LogP contribution is 2.24. The lowest BCUT2D eigenvalue weighted by molar-refractivity contribution is -0.301. The number of nitrogens with zero attached hydrogens (tertiary/aromatic N) is 5. The van der Waals surface area contributed by atoms with Gasteiger partial charge in [0.15, 0.2) is 11.2 Å². The molecule has 0 atom stereocenters. The predicted molar refractivity (Wildman–Crippen MR) is 76.7 cm³/mol. The van der Waals surface area contributed by atoms with Crippen molar-refractivity contribution in [1.82, 2.24) is 25.0 Å².